The lowest BCUT2D eigenvalue weighted by Gasteiger charge is -2.12. The lowest BCUT2D eigenvalue weighted by Crippen LogP contribution is -2.38. The van der Waals surface area contributed by atoms with Crippen molar-refractivity contribution in [3.63, 3.8) is 0 Å². The summed E-state index contributed by atoms with van der Waals surface area (Å²) >= 11 is 5.97. The minimum absolute atomic E-state index is 0.331. The molecule has 1 aromatic heterocycles. The first-order valence-corrected chi connectivity index (χ1v) is 7.02. The fraction of sp³-hybridized carbons (Fsp3) is 0.125. The highest BCUT2D eigenvalue weighted by molar-refractivity contribution is 6.30. The van der Waals surface area contributed by atoms with Crippen LogP contribution in [0.1, 0.15) is 6.92 Å². The quantitative estimate of drug-likeness (QED) is 0.730. The second-order valence-electron chi connectivity index (χ2n) is 4.66. The Labute approximate surface area is 125 Å². The van der Waals surface area contributed by atoms with Gasteiger partial charge < -0.3 is 0 Å². The molecule has 106 valence electrons. The first-order valence-electron chi connectivity index (χ1n) is 6.64. The van der Waals surface area contributed by atoms with E-state index in [0.717, 1.165) is 4.57 Å². The van der Waals surface area contributed by atoms with Crippen LogP contribution in [0.4, 0.5) is 0 Å². The molecule has 0 unspecified atom stereocenters. The lowest BCUT2D eigenvalue weighted by molar-refractivity contribution is 0.692. The van der Waals surface area contributed by atoms with E-state index >= 15 is 0 Å². The third-order valence-corrected chi connectivity index (χ3v) is 3.67. The van der Waals surface area contributed by atoms with Crippen LogP contribution in [0.25, 0.3) is 16.6 Å². The van der Waals surface area contributed by atoms with Gasteiger partial charge in [-0.25, -0.2) is 9.36 Å². The van der Waals surface area contributed by atoms with E-state index in [0.29, 0.717) is 28.2 Å². The minimum atomic E-state index is -0.358. The number of aromatic nitrogens is 2. The van der Waals surface area contributed by atoms with Crippen LogP contribution in [-0.2, 0) is 6.54 Å². The standard InChI is InChI=1S/C16H13ClN2O2/c1-2-18-14-9-4-3-8-13(14)15(20)19(16(18)21)12-7-5-6-11(17)10-12/h3-10H,2H2,1H3. The van der Waals surface area contributed by atoms with Gasteiger partial charge in [-0.2, -0.15) is 0 Å². The molecular weight excluding hydrogens is 288 g/mol. The Morgan fingerprint density at radius 3 is 2.52 bits per heavy atom. The molecule has 0 saturated carbocycles. The summed E-state index contributed by atoms with van der Waals surface area (Å²) in [5.74, 6) is 0. The molecule has 0 bridgehead atoms. The van der Waals surface area contributed by atoms with E-state index in [1.54, 1.807) is 47.0 Å². The molecule has 0 aliphatic rings. The van der Waals surface area contributed by atoms with Crippen molar-refractivity contribution in [2.75, 3.05) is 0 Å². The van der Waals surface area contributed by atoms with Gasteiger partial charge in [0.25, 0.3) is 5.56 Å². The second kappa shape index (κ2) is 5.22. The Morgan fingerprint density at radius 2 is 1.81 bits per heavy atom. The molecular formula is C16H13ClN2O2. The number of fused-ring (bicyclic) bond motifs is 1. The summed E-state index contributed by atoms with van der Waals surface area (Å²) in [5.41, 5.74) is 0.435. The molecule has 3 rings (SSSR count). The number of hydrogen-bond acceptors (Lipinski definition) is 2. The van der Waals surface area contributed by atoms with Gasteiger partial charge in [-0.3, -0.25) is 9.36 Å². The zero-order valence-electron chi connectivity index (χ0n) is 11.4. The Balaban J connectivity index is 2.49. The molecule has 0 fully saturated rings. The van der Waals surface area contributed by atoms with Gasteiger partial charge in [0.2, 0.25) is 0 Å². The van der Waals surface area contributed by atoms with Gasteiger partial charge in [0.1, 0.15) is 0 Å². The maximum atomic E-state index is 12.6. The molecule has 0 radical (unpaired) electrons. The molecule has 21 heavy (non-hydrogen) atoms. The van der Waals surface area contributed by atoms with E-state index in [2.05, 4.69) is 0 Å². The smallest absolute Gasteiger partial charge is 0.293 e. The van der Waals surface area contributed by atoms with Crippen molar-refractivity contribution in [1.29, 1.82) is 0 Å². The van der Waals surface area contributed by atoms with Crippen LogP contribution in [0.2, 0.25) is 5.02 Å². The third-order valence-electron chi connectivity index (χ3n) is 3.43. The summed E-state index contributed by atoms with van der Waals surface area (Å²) in [5, 5.41) is 0.994. The van der Waals surface area contributed by atoms with Crippen molar-refractivity contribution < 1.29 is 0 Å². The predicted molar refractivity (Wildman–Crippen MR) is 84.5 cm³/mol. The molecule has 1 heterocycles. The molecule has 0 aliphatic heterocycles. The lowest BCUT2D eigenvalue weighted by atomic mass is 10.2. The molecule has 0 atom stereocenters. The summed E-state index contributed by atoms with van der Waals surface area (Å²) in [6, 6.07) is 13.8. The van der Waals surface area contributed by atoms with Crippen molar-refractivity contribution in [2.24, 2.45) is 0 Å². The highest BCUT2D eigenvalue weighted by Crippen LogP contribution is 2.14. The minimum Gasteiger partial charge on any atom is -0.293 e. The molecule has 0 N–H and O–H groups in total. The van der Waals surface area contributed by atoms with E-state index in [-0.39, 0.29) is 11.2 Å². The van der Waals surface area contributed by atoms with Crippen molar-refractivity contribution in [1.82, 2.24) is 9.13 Å². The third kappa shape index (κ3) is 2.17. The number of benzene rings is 2. The fourth-order valence-electron chi connectivity index (χ4n) is 2.47. The summed E-state index contributed by atoms with van der Waals surface area (Å²) in [6.07, 6.45) is 0. The largest absolute Gasteiger partial charge is 0.336 e. The highest BCUT2D eigenvalue weighted by atomic mass is 35.5. The van der Waals surface area contributed by atoms with Gasteiger partial charge in [-0.15, -0.1) is 0 Å². The average Bonchev–Trinajstić information content (AvgIpc) is 2.48. The molecule has 0 amide bonds. The van der Waals surface area contributed by atoms with Crippen molar-refractivity contribution in [2.45, 2.75) is 13.5 Å². The Kier molecular flexibility index (Phi) is 3.39. The topological polar surface area (TPSA) is 44.0 Å². The molecule has 2 aromatic carbocycles. The predicted octanol–water partition coefficient (Wildman–Crippen LogP) is 2.83. The summed E-state index contributed by atoms with van der Waals surface area (Å²) in [7, 11) is 0. The normalized spacial score (nSPS) is 11.0. The average molecular weight is 301 g/mol. The fourth-order valence-corrected chi connectivity index (χ4v) is 2.65. The maximum absolute atomic E-state index is 12.6. The van der Waals surface area contributed by atoms with Crippen LogP contribution in [0, 0.1) is 0 Å². The first-order chi connectivity index (χ1) is 10.1. The number of aryl methyl sites for hydroxylation is 1. The van der Waals surface area contributed by atoms with Crippen molar-refractivity contribution in [3.8, 4) is 5.69 Å². The van der Waals surface area contributed by atoms with E-state index in [1.807, 2.05) is 13.0 Å². The van der Waals surface area contributed by atoms with Gasteiger partial charge in [-0.1, -0.05) is 29.8 Å². The number of hydrogen-bond donors (Lipinski definition) is 0. The van der Waals surface area contributed by atoms with Gasteiger partial charge >= 0.3 is 5.69 Å². The SMILES string of the molecule is CCn1c(=O)n(-c2cccc(Cl)c2)c(=O)c2ccccc21. The molecule has 3 aromatic rings. The maximum Gasteiger partial charge on any atom is 0.336 e. The van der Waals surface area contributed by atoms with Crippen LogP contribution in [-0.4, -0.2) is 9.13 Å². The van der Waals surface area contributed by atoms with Crippen molar-refractivity contribution in [3.05, 3.63) is 74.4 Å². The van der Waals surface area contributed by atoms with E-state index in [1.165, 1.54) is 0 Å². The zero-order valence-corrected chi connectivity index (χ0v) is 12.2. The number of rotatable bonds is 2. The van der Waals surface area contributed by atoms with Crippen LogP contribution >= 0.6 is 11.6 Å². The zero-order chi connectivity index (χ0) is 15.0. The van der Waals surface area contributed by atoms with Gasteiger partial charge in [0.05, 0.1) is 16.6 Å². The number of para-hydroxylation sites is 1. The Morgan fingerprint density at radius 1 is 1.05 bits per heavy atom. The molecule has 5 heteroatoms. The molecule has 0 saturated heterocycles. The summed E-state index contributed by atoms with van der Waals surface area (Å²) in [4.78, 5) is 25.3. The molecule has 0 aliphatic carbocycles. The van der Waals surface area contributed by atoms with Crippen LogP contribution < -0.4 is 11.2 Å². The van der Waals surface area contributed by atoms with Gasteiger partial charge in [-0.05, 0) is 37.3 Å². The summed E-state index contributed by atoms with van der Waals surface area (Å²) < 4.78 is 2.75. The van der Waals surface area contributed by atoms with E-state index in [4.69, 9.17) is 11.6 Å². The monoisotopic (exact) mass is 300 g/mol. The number of nitrogens with zero attached hydrogens (tertiary/aromatic N) is 2. The van der Waals surface area contributed by atoms with Crippen LogP contribution in [0.15, 0.2) is 58.1 Å². The number of halogens is 1. The van der Waals surface area contributed by atoms with Crippen LogP contribution in [0.3, 0.4) is 0 Å². The summed E-state index contributed by atoms with van der Waals surface area (Å²) in [6.45, 7) is 2.36. The molecule has 0 spiro atoms. The Bertz CT molecular complexity index is 941. The highest BCUT2D eigenvalue weighted by Gasteiger charge is 2.13. The second-order valence-corrected chi connectivity index (χ2v) is 5.10. The first kappa shape index (κ1) is 13.6. The van der Waals surface area contributed by atoms with Gasteiger partial charge in [0.15, 0.2) is 0 Å². The Hall–Kier alpha value is -2.33. The van der Waals surface area contributed by atoms with E-state index < -0.39 is 0 Å². The van der Waals surface area contributed by atoms with Gasteiger partial charge in [0, 0.05) is 11.6 Å². The van der Waals surface area contributed by atoms with E-state index in [9.17, 15) is 9.59 Å². The van der Waals surface area contributed by atoms with Crippen LogP contribution in [0.5, 0.6) is 0 Å². The van der Waals surface area contributed by atoms with Crippen molar-refractivity contribution >= 4 is 22.5 Å². The molecule has 4 nitrogen and oxygen atoms in total.